The molecule has 30 heavy (non-hydrogen) atoms. The van der Waals surface area contributed by atoms with Crippen LogP contribution in [0.4, 0.5) is 0 Å². The van der Waals surface area contributed by atoms with Crippen LogP contribution in [0.5, 0.6) is 0 Å². The van der Waals surface area contributed by atoms with Gasteiger partial charge >= 0.3 is 0 Å². The van der Waals surface area contributed by atoms with Gasteiger partial charge in [0.25, 0.3) is 0 Å². The highest BCUT2D eigenvalue weighted by Crippen LogP contribution is 2.29. The Kier molecular flexibility index (Phi) is 7.43. The monoisotopic (exact) mass is 446 g/mol. The van der Waals surface area contributed by atoms with Gasteiger partial charge in [0.15, 0.2) is 5.96 Å². The minimum absolute atomic E-state index is 0.0456. The first-order valence-corrected chi connectivity index (χ1v) is 12.0. The summed E-state index contributed by atoms with van der Waals surface area (Å²) in [5, 5.41) is 18.0. The van der Waals surface area contributed by atoms with Crippen LogP contribution < -0.4 is 15.4 Å². The lowest BCUT2D eigenvalue weighted by molar-refractivity contribution is 0.184. The number of hydrogen-bond donors (Lipinski definition) is 4. The van der Waals surface area contributed by atoms with Gasteiger partial charge in [-0.3, -0.25) is 4.99 Å². The number of aliphatic hydroxyl groups excluding tert-OH is 1. The van der Waals surface area contributed by atoms with E-state index in [9.17, 15) is 13.5 Å². The van der Waals surface area contributed by atoms with Crippen LogP contribution >= 0.6 is 11.3 Å². The molecule has 2 aromatic carbocycles. The summed E-state index contributed by atoms with van der Waals surface area (Å²) in [6.45, 7) is 0.866. The summed E-state index contributed by atoms with van der Waals surface area (Å²) >= 11 is 1.58. The molecule has 0 radical (unpaired) electrons. The number of guanidine groups is 1. The van der Waals surface area contributed by atoms with E-state index in [0.29, 0.717) is 19.0 Å². The Balaban J connectivity index is 1.51. The van der Waals surface area contributed by atoms with Gasteiger partial charge in [0, 0.05) is 29.7 Å². The van der Waals surface area contributed by atoms with Crippen molar-refractivity contribution >= 4 is 37.4 Å². The molecule has 0 bridgehead atoms. The van der Waals surface area contributed by atoms with Gasteiger partial charge in [0.2, 0.25) is 10.0 Å². The quantitative estimate of drug-likeness (QED) is 0.314. The molecule has 0 fully saturated rings. The zero-order chi connectivity index (χ0) is 21.6. The zero-order valence-corrected chi connectivity index (χ0v) is 18.6. The fraction of sp³-hybridized carbons (Fsp3) is 0.286. The highest BCUT2D eigenvalue weighted by molar-refractivity contribution is 7.88. The summed E-state index contributed by atoms with van der Waals surface area (Å²) in [6, 6.07) is 17.4. The Hall–Kier alpha value is -2.46. The highest BCUT2D eigenvalue weighted by atomic mass is 32.2. The fourth-order valence-corrected chi connectivity index (χ4v) is 4.74. The molecule has 0 aliphatic carbocycles. The molecule has 1 aromatic heterocycles. The summed E-state index contributed by atoms with van der Waals surface area (Å²) in [5.74, 6) is 0.535. The first-order chi connectivity index (χ1) is 14.4. The molecule has 0 aliphatic heterocycles. The molecule has 3 rings (SSSR count). The molecule has 7 nitrogen and oxygen atoms in total. The van der Waals surface area contributed by atoms with E-state index in [1.807, 2.05) is 42.5 Å². The van der Waals surface area contributed by atoms with Gasteiger partial charge in [-0.05, 0) is 35.7 Å². The lowest BCUT2D eigenvalue weighted by Gasteiger charge is -2.15. The first kappa shape index (κ1) is 22.2. The van der Waals surface area contributed by atoms with Crippen LogP contribution in [0.25, 0.3) is 10.1 Å². The molecule has 1 unspecified atom stereocenters. The summed E-state index contributed by atoms with van der Waals surface area (Å²) in [4.78, 5) is 5.10. The number of nitrogens with zero attached hydrogens (tertiary/aromatic N) is 1. The molecule has 0 aliphatic rings. The number of sulfonamides is 1. The number of nitrogens with one attached hydrogen (secondary N) is 3. The summed E-state index contributed by atoms with van der Waals surface area (Å²) in [7, 11) is -0.200. The summed E-state index contributed by atoms with van der Waals surface area (Å²) in [6.07, 6.45) is -0.630. The third-order valence-electron chi connectivity index (χ3n) is 4.61. The van der Waals surface area contributed by atoms with E-state index in [0.717, 1.165) is 26.1 Å². The lowest BCUT2D eigenvalue weighted by atomic mass is 10.1. The molecule has 3 aromatic rings. The maximum atomic E-state index is 11.6. The molecule has 9 heteroatoms. The lowest BCUT2D eigenvalue weighted by Crippen LogP contribution is -2.38. The van der Waals surface area contributed by atoms with E-state index in [1.165, 1.54) is 7.05 Å². The van der Waals surface area contributed by atoms with E-state index in [-0.39, 0.29) is 5.75 Å². The van der Waals surface area contributed by atoms with Crippen molar-refractivity contribution in [2.24, 2.45) is 4.99 Å². The largest absolute Gasteiger partial charge is 0.386 e. The molecule has 0 amide bonds. The molecule has 1 heterocycles. The standard InChI is InChI=1S/C21H26N4O3S2/c1-22-21(24-12-15-7-9-16(10-8-15)14-30(27,28)23-2)25-13-18(26)20-11-17-5-3-4-6-19(17)29-20/h3-11,18,23,26H,12-14H2,1-2H3,(H2,22,24,25). The summed E-state index contributed by atoms with van der Waals surface area (Å²) < 4.78 is 26.7. The van der Waals surface area contributed by atoms with Crippen LogP contribution in [-0.2, 0) is 22.3 Å². The van der Waals surface area contributed by atoms with Crippen LogP contribution in [0.15, 0.2) is 59.6 Å². The SMILES string of the molecule is CN=C(NCc1ccc(CS(=O)(=O)NC)cc1)NCC(O)c1cc2ccccc2s1. The number of fused-ring (bicyclic) bond motifs is 1. The average molecular weight is 447 g/mol. The highest BCUT2D eigenvalue weighted by Gasteiger charge is 2.12. The molecule has 0 saturated carbocycles. The maximum absolute atomic E-state index is 11.6. The van der Waals surface area contributed by atoms with Crippen molar-refractivity contribution in [3.8, 4) is 0 Å². The van der Waals surface area contributed by atoms with Crippen molar-refractivity contribution in [1.29, 1.82) is 0 Å². The van der Waals surface area contributed by atoms with Crippen LogP contribution in [0.1, 0.15) is 22.1 Å². The minimum Gasteiger partial charge on any atom is -0.386 e. The maximum Gasteiger partial charge on any atom is 0.215 e. The molecule has 0 spiro atoms. The topological polar surface area (TPSA) is 103 Å². The van der Waals surface area contributed by atoms with Gasteiger partial charge in [-0.15, -0.1) is 11.3 Å². The van der Waals surface area contributed by atoms with Crippen molar-refractivity contribution in [3.05, 3.63) is 70.6 Å². The molecule has 0 saturated heterocycles. The van der Waals surface area contributed by atoms with Crippen LogP contribution in [-0.4, -0.2) is 40.1 Å². The van der Waals surface area contributed by atoms with E-state index < -0.39 is 16.1 Å². The van der Waals surface area contributed by atoms with E-state index in [1.54, 1.807) is 30.5 Å². The molecular weight excluding hydrogens is 420 g/mol. The molecule has 160 valence electrons. The van der Waals surface area contributed by atoms with E-state index in [4.69, 9.17) is 0 Å². The van der Waals surface area contributed by atoms with Crippen LogP contribution in [0, 0.1) is 0 Å². The molecule has 4 N–H and O–H groups in total. The second-order valence-corrected chi connectivity index (χ2v) is 9.83. The number of rotatable bonds is 8. The third kappa shape index (κ3) is 6.02. The first-order valence-electron chi connectivity index (χ1n) is 9.50. The number of aliphatic imine (C=N–C) groups is 1. The van der Waals surface area contributed by atoms with E-state index in [2.05, 4.69) is 20.3 Å². The van der Waals surface area contributed by atoms with Crippen molar-refractivity contribution in [2.45, 2.75) is 18.4 Å². The zero-order valence-electron chi connectivity index (χ0n) is 16.9. The van der Waals surface area contributed by atoms with E-state index >= 15 is 0 Å². The minimum atomic E-state index is -3.28. The summed E-state index contributed by atoms with van der Waals surface area (Å²) in [5.41, 5.74) is 1.72. The molecule has 1 atom stereocenters. The van der Waals surface area contributed by atoms with Crippen molar-refractivity contribution < 1.29 is 13.5 Å². The Morgan fingerprint density at radius 2 is 1.80 bits per heavy atom. The predicted molar refractivity (Wildman–Crippen MR) is 123 cm³/mol. The Morgan fingerprint density at radius 1 is 1.10 bits per heavy atom. The Morgan fingerprint density at radius 3 is 2.47 bits per heavy atom. The smallest absolute Gasteiger partial charge is 0.215 e. The van der Waals surface area contributed by atoms with Gasteiger partial charge in [-0.2, -0.15) is 0 Å². The number of benzene rings is 2. The predicted octanol–water partition coefficient (Wildman–Crippen LogP) is 2.35. The normalized spacial score (nSPS) is 13.4. The third-order valence-corrected chi connectivity index (χ3v) is 7.16. The van der Waals surface area contributed by atoms with Gasteiger partial charge in [0.1, 0.15) is 6.10 Å². The van der Waals surface area contributed by atoms with Gasteiger partial charge in [0.05, 0.1) is 5.75 Å². The van der Waals surface area contributed by atoms with Gasteiger partial charge in [-0.1, -0.05) is 42.5 Å². The Bertz CT molecular complexity index is 1080. The number of aliphatic hydroxyl groups is 1. The average Bonchev–Trinajstić information content (AvgIpc) is 3.19. The van der Waals surface area contributed by atoms with Crippen molar-refractivity contribution in [1.82, 2.24) is 15.4 Å². The number of hydrogen-bond acceptors (Lipinski definition) is 5. The van der Waals surface area contributed by atoms with Crippen LogP contribution in [0.3, 0.4) is 0 Å². The second-order valence-electron chi connectivity index (χ2n) is 6.79. The van der Waals surface area contributed by atoms with Gasteiger partial charge in [-0.25, -0.2) is 13.1 Å². The fourth-order valence-electron chi connectivity index (χ4n) is 2.91. The van der Waals surface area contributed by atoms with Crippen molar-refractivity contribution in [2.75, 3.05) is 20.6 Å². The number of thiophene rings is 1. The Labute approximate surface area is 180 Å². The van der Waals surface area contributed by atoms with Gasteiger partial charge < -0.3 is 15.7 Å². The van der Waals surface area contributed by atoms with Crippen molar-refractivity contribution in [3.63, 3.8) is 0 Å². The molecular formula is C21H26N4O3S2. The second kappa shape index (κ2) is 10.0. The van der Waals surface area contributed by atoms with Crippen LogP contribution in [0.2, 0.25) is 0 Å².